The third-order valence-corrected chi connectivity index (χ3v) is 2.50. The zero-order valence-corrected chi connectivity index (χ0v) is 5.92. The molecule has 4 heteroatoms. The summed E-state index contributed by atoms with van der Waals surface area (Å²) >= 11 is 0. The topological polar surface area (TPSA) is 46.5 Å². The second-order valence-electron chi connectivity index (χ2n) is 3.20. The summed E-state index contributed by atoms with van der Waals surface area (Å²) in [6.07, 6.45) is 0.551. The van der Waals surface area contributed by atoms with Crippen LogP contribution in [0.15, 0.2) is 0 Å². The summed E-state index contributed by atoms with van der Waals surface area (Å²) in [5.41, 5.74) is -2.09. The first-order chi connectivity index (χ1) is 5.13. The van der Waals surface area contributed by atoms with Gasteiger partial charge in [0, 0.05) is 6.42 Å². The minimum Gasteiger partial charge on any atom is -0.479 e. The van der Waals surface area contributed by atoms with Gasteiger partial charge in [-0.05, 0) is 12.8 Å². The van der Waals surface area contributed by atoms with Crippen LogP contribution in [0.1, 0.15) is 19.3 Å². The van der Waals surface area contributed by atoms with E-state index in [1.807, 2.05) is 0 Å². The van der Waals surface area contributed by atoms with Crippen molar-refractivity contribution in [2.24, 2.45) is 0 Å². The van der Waals surface area contributed by atoms with E-state index in [9.17, 15) is 9.18 Å². The fourth-order valence-corrected chi connectivity index (χ4v) is 1.88. The summed E-state index contributed by atoms with van der Waals surface area (Å²) in [4.78, 5) is 10.5. The first kappa shape index (κ1) is 7.03. The predicted octanol–water partition coefficient (Wildman–Crippen LogP) is 0.731. The van der Waals surface area contributed by atoms with E-state index in [0.29, 0.717) is 6.42 Å². The highest BCUT2D eigenvalue weighted by Crippen LogP contribution is 2.44. The highest BCUT2D eigenvalue weighted by atomic mass is 19.1. The minimum absolute atomic E-state index is 0.0347. The Bertz CT molecular complexity index is 206. The lowest BCUT2D eigenvalue weighted by molar-refractivity contribution is -0.154. The monoisotopic (exact) mass is 160 g/mol. The maximum atomic E-state index is 13.4. The Morgan fingerprint density at radius 3 is 2.64 bits per heavy atom. The molecule has 0 saturated carbocycles. The van der Waals surface area contributed by atoms with Crippen molar-refractivity contribution < 1.29 is 19.0 Å². The van der Waals surface area contributed by atoms with Crippen LogP contribution in [-0.4, -0.2) is 29.0 Å². The SMILES string of the molecule is O=C(O)C1(F)CC2CCC1O2. The van der Waals surface area contributed by atoms with Gasteiger partial charge >= 0.3 is 5.97 Å². The van der Waals surface area contributed by atoms with Gasteiger partial charge < -0.3 is 9.84 Å². The van der Waals surface area contributed by atoms with Crippen LogP contribution in [0.25, 0.3) is 0 Å². The number of carboxylic acids is 1. The molecule has 2 fully saturated rings. The van der Waals surface area contributed by atoms with E-state index >= 15 is 0 Å². The second-order valence-corrected chi connectivity index (χ2v) is 3.20. The molecule has 0 aromatic heterocycles. The Kier molecular flexibility index (Phi) is 1.24. The van der Waals surface area contributed by atoms with Crippen LogP contribution < -0.4 is 0 Å². The van der Waals surface area contributed by atoms with E-state index in [1.165, 1.54) is 0 Å². The van der Waals surface area contributed by atoms with Crippen molar-refractivity contribution in [3.05, 3.63) is 0 Å². The number of hydrogen-bond acceptors (Lipinski definition) is 2. The van der Waals surface area contributed by atoms with Gasteiger partial charge in [-0.25, -0.2) is 9.18 Å². The lowest BCUT2D eigenvalue weighted by Crippen LogP contribution is -2.42. The summed E-state index contributed by atoms with van der Waals surface area (Å²) in [7, 11) is 0. The number of fused-ring (bicyclic) bond motifs is 2. The van der Waals surface area contributed by atoms with E-state index in [-0.39, 0.29) is 12.5 Å². The zero-order chi connectivity index (χ0) is 8.06. The average molecular weight is 160 g/mol. The van der Waals surface area contributed by atoms with Crippen LogP contribution in [0.2, 0.25) is 0 Å². The van der Waals surface area contributed by atoms with E-state index in [2.05, 4.69) is 0 Å². The van der Waals surface area contributed by atoms with Gasteiger partial charge in [0.15, 0.2) is 0 Å². The highest BCUT2D eigenvalue weighted by molar-refractivity contribution is 5.79. The maximum Gasteiger partial charge on any atom is 0.344 e. The number of aliphatic carboxylic acids is 1. The van der Waals surface area contributed by atoms with Gasteiger partial charge in [-0.2, -0.15) is 0 Å². The second kappa shape index (κ2) is 1.94. The first-order valence-corrected chi connectivity index (χ1v) is 3.71. The number of carbonyl (C=O) groups is 1. The molecule has 2 rings (SSSR count). The fourth-order valence-electron chi connectivity index (χ4n) is 1.88. The summed E-state index contributed by atoms with van der Waals surface area (Å²) in [6, 6.07) is 0. The van der Waals surface area contributed by atoms with Crippen molar-refractivity contribution in [1.82, 2.24) is 0 Å². The predicted molar refractivity (Wildman–Crippen MR) is 34.0 cm³/mol. The van der Waals surface area contributed by atoms with Gasteiger partial charge in [-0.1, -0.05) is 0 Å². The molecule has 2 heterocycles. The molecule has 0 spiro atoms. The number of hydrogen-bond donors (Lipinski definition) is 1. The van der Waals surface area contributed by atoms with Crippen LogP contribution >= 0.6 is 0 Å². The van der Waals surface area contributed by atoms with Crippen molar-refractivity contribution >= 4 is 5.97 Å². The van der Waals surface area contributed by atoms with Crippen molar-refractivity contribution in [2.45, 2.75) is 37.1 Å². The Morgan fingerprint density at radius 2 is 2.36 bits per heavy atom. The Balaban J connectivity index is 2.23. The normalized spacial score (nSPS) is 48.1. The molecule has 3 unspecified atom stereocenters. The zero-order valence-electron chi connectivity index (χ0n) is 5.92. The Hall–Kier alpha value is -0.640. The van der Waals surface area contributed by atoms with Crippen molar-refractivity contribution in [3.8, 4) is 0 Å². The molecule has 3 atom stereocenters. The van der Waals surface area contributed by atoms with Crippen LogP contribution in [-0.2, 0) is 9.53 Å². The van der Waals surface area contributed by atoms with Crippen LogP contribution in [0.4, 0.5) is 4.39 Å². The summed E-state index contributed by atoms with van der Waals surface area (Å²) in [5, 5.41) is 8.54. The minimum atomic E-state index is -2.09. The number of ether oxygens (including phenoxy) is 1. The number of halogens is 1. The number of rotatable bonds is 1. The van der Waals surface area contributed by atoms with Gasteiger partial charge in [0.2, 0.25) is 5.67 Å². The van der Waals surface area contributed by atoms with E-state index in [4.69, 9.17) is 9.84 Å². The molecule has 2 aliphatic rings. The third-order valence-electron chi connectivity index (χ3n) is 2.50. The molecule has 0 radical (unpaired) electrons. The van der Waals surface area contributed by atoms with Crippen LogP contribution in [0, 0.1) is 0 Å². The molecule has 62 valence electrons. The molecule has 2 bridgehead atoms. The molecule has 1 N–H and O–H groups in total. The van der Waals surface area contributed by atoms with Crippen LogP contribution in [0.5, 0.6) is 0 Å². The average Bonchev–Trinajstić information content (AvgIpc) is 2.45. The van der Waals surface area contributed by atoms with E-state index in [0.717, 1.165) is 6.42 Å². The van der Waals surface area contributed by atoms with E-state index < -0.39 is 17.7 Å². The summed E-state index contributed by atoms with van der Waals surface area (Å²) < 4.78 is 18.5. The van der Waals surface area contributed by atoms with Crippen LogP contribution in [0.3, 0.4) is 0 Å². The smallest absolute Gasteiger partial charge is 0.344 e. The van der Waals surface area contributed by atoms with Crippen molar-refractivity contribution in [1.29, 1.82) is 0 Å². The van der Waals surface area contributed by atoms with Gasteiger partial charge in [0.25, 0.3) is 0 Å². The summed E-state index contributed by atoms with van der Waals surface area (Å²) in [5.74, 6) is -1.37. The molecular formula is C7H9FO3. The van der Waals surface area contributed by atoms with Crippen molar-refractivity contribution in [2.75, 3.05) is 0 Å². The molecule has 0 aliphatic carbocycles. The summed E-state index contributed by atoms with van der Waals surface area (Å²) in [6.45, 7) is 0. The lowest BCUT2D eigenvalue weighted by atomic mass is 9.86. The van der Waals surface area contributed by atoms with Gasteiger partial charge in [-0.3, -0.25) is 0 Å². The molecule has 0 amide bonds. The molecule has 2 aliphatic heterocycles. The fraction of sp³-hybridized carbons (Fsp3) is 0.857. The molecule has 3 nitrogen and oxygen atoms in total. The standard InChI is InChI=1S/C7H9FO3/c8-7(6(9)10)3-4-1-2-5(7)11-4/h4-5H,1-3H2,(H,9,10). The molecule has 11 heavy (non-hydrogen) atoms. The number of carboxylic acid groups (broad SMARTS) is 1. The Labute approximate surface area is 63.2 Å². The van der Waals surface area contributed by atoms with E-state index in [1.54, 1.807) is 0 Å². The maximum absolute atomic E-state index is 13.4. The lowest BCUT2D eigenvalue weighted by Gasteiger charge is -2.21. The molecule has 0 aromatic carbocycles. The van der Waals surface area contributed by atoms with Gasteiger partial charge in [0.05, 0.1) is 6.10 Å². The number of alkyl halides is 1. The van der Waals surface area contributed by atoms with Crippen molar-refractivity contribution in [3.63, 3.8) is 0 Å². The molecular weight excluding hydrogens is 151 g/mol. The largest absolute Gasteiger partial charge is 0.479 e. The van der Waals surface area contributed by atoms with Gasteiger partial charge in [0.1, 0.15) is 6.10 Å². The Morgan fingerprint density at radius 1 is 1.64 bits per heavy atom. The first-order valence-electron chi connectivity index (χ1n) is 3.71. The van der Waals surface area contributed by atoms with Gasteiger partial charge in [-0.15, -0.1) is 0 Å². The molecule has 2 saturated heterocycles. The molecule has 0 aromatic rings. The third kappa shape index (κ3) is 0.788. The highest BCUT2D eigenvalue weighted by Gasteiger charge is 2.58. The quantitative estimate of drug-likeness (QED) is 0.615.